The maximum atomic E-state index is 4.68. The summed E-state index contributed by atoms with van der Waals surface area (Å²) >= 11 is 5.20. The van der Waals surface area contributed by atoms with E-state index in [-0.39, 0.29) is 0 Å². The van der Waals surface area contributed by atoms with Gasteiger partial charge in [0.1, 0.15) is 0 Å². The Hall–Kier alpha value is -0.670. The number of benzene rings is 1. The average Bonchev–Trinajstić information content (AvgIpc) is 2.78. The number of hydrogen-bond donors (Lipinski definition) is 0. The van der Waals surface area contributed by atoms with Crippen molar-refractivity contribution in [3.63, 3.8) is 0 Å². The minimum Gasteiger partial charge on any atom is -0.241 e. The van der Waals surface area contributed by atoms with Crippen LogP contribution in [0.3, 0.4) is 0 Å². The Labute approximate surface area is 109 Å². The van der Waals surface area contributed by atoms with Crippen molar-refractivity contribution in [3.8, 4) is 11.3 Å². The molecule has 84 valence electrons. The summed E-state index contributed by atoms with van der Waals surface area (Å²) in [5.41, 5.74) is 2.28. The Kier molecular flexibility index (Phi) is 3.77. The van der Waals surface area contributed by atoms with Crippen molar-refractivity contribution in [1.29, 1.82) is 0 Å². The molecule has 0 saturated heterocycles. The van der Waals surface area contributed by atoms with Crippen LogP contribution in [0.1, 0.15) is 31.2 Å². The SMILES string of the molecule is CCC(C)c1nc(-c2ccc(Br)cc2)cs1. The molecule has 16 heavy (non-hydrogen) atoms. The van der Waals surface area contributed by atoms with E-state index in [0.29, 0.717) is 5.92 Å². The predicted molar refractivity (Wildman–Crippen MR) is 74.0 cm³/mol. The van der Waals surface area contributed by atoms with Gasteiger partial charge >= 0.3 is 0 Å². The third kappa shape index (κ3) is 2.53. The molecule has 1 heterocycles. The maximum Gasteiger partial charge on any atom is 0.0960 e. The van der Waals surface area contributed by atoms with E-state index in [9.17, 15) is 0 Å². The second-order valence-corrected chi connectivity index (χ2v) is 5.69. The highest BCUT2D eigenvalue weighted by molar-refractivity contribution is 9.10. The number of aromatic nitrogens is 1. The van der Waals surface area contributed by atoms with Crippen LogP contribution in [0.25, 0.3) is 11.3 Å². The van der Waals surface area contributed by atoms with Crippen molar-refractivity contribution in [2.24, 2.45) is 0 Å². The largest absolute Gasteiger partial charge is 0.241 e. The van der Waals surface area contributed by atoms with Crippen molar-refractivity contribution >= 4 is 27.3 Å². The quantitative estimate of drug-likeness (QED) is 0.769. The molecular formula is C13H14BrNS. The van der Waals surface area contributed by atoms with Crippen LogP contribution in [0.2, 0.25) is 0 Å². The van der Waals surface area contributed by atoms with Crippen LogP contribution in [-0.4, -0.2) is 4.98 Å². The summed E-state index contributed by atoms with van der Waals surface area (Å²) in [4.78, 5) is 4.68. The van der Waals surface area contributed by atoms with Gasteiger partial charge in [0.2, 0.25) is 0 Å². The van der Waals surface area contributed by atoms with E-state index in [4.69, 9.17) is 0 Å². The standard InChI is InChI=1S/C13H14BrNS/c1-3-9(2)13-15-12(8-16-13)10-4-6-11(14)7-5-10/h4-9H,3H2,1-2H3. The lowest BCUT2D eigenvalue weighted by Crippen LogP contribution is -1.89. The predicted octanol–water partition coefficient (Wildman–Crippen LogP) is 5.09. The summed E-state index contributed by atoms with van der Waals surface area (Å²) in [5.74, 6) is 0.564. The molecule has 0 spiro atoms. The average molecular weight is 296 g/mol. The molecule has 0 amide bonds. The lowest BCUT2D eigenvalue weighted by atomic mass is 10.1. The Morgan fingerprint density at radius 2 is 2.00 bits per heavy atom. The van der Waals surface area contributed by atoms with E-state index in [1.165, 1.54) is 10.6 Å². The summed E-state index contributed by atoms with van der Waals surface area (Å²) < 4.78 is 1.11. The fourth-order valence-corrected chi connectivity index (χ4v) is 2.68. The van der Waals surface area contributed by atoms with Crippen LogP contribution in [0.4, 0.5) is 0 Å². The molecule has 0 N–H and O–H groups in total. The first kappa shape index (κ1) is 11.8. The van der Waals surface area contributed by atoms with E-state index in [0.717, 1.165) is 16.6 Å². The van der Waals surface area contributed by atoms with Crippen molar-refractivity contribution < 1.29 is 0 Å². The lowest BCUT2D eigenvalue weighted by Gasteiger charge is -2.02. The number of nitrogens with zero attached hydrogens (tertiary/aromatic N) is 1. The Bertz CT molecular complexity index is 461. The topological polar surface area (TPSA) is 12.9 Å². The third-order valence-electron chi connectivity index (χ3n) is 2.70. The summed E-state index contributed by atoms with van der Waals surface area (Å²) in [6.45, 7) is 4.43. The van der Waals surface area contributed by atoms with E-state index >= 15 is 0 Å². The van der Waals surface area contributed by atoms with E-state index < -0.39 is 0 Å². The number of halogens is 1. The fourth-order valence-electron chi connectivity index (χ4n) is 1.44. The highest BCUT2D eigenvalue weighted by Gasteiger charge is 2.09. The van der Waals surface area contributed by atoms with Gasteiger partial charge in [-0.25, -0.2) is 4.98 Å². The van der Waals surface area contributed by atoms with Gasteiger partial charge < -0.3 is 0 Å². The second-order valence-electron chi connectivity index (χ2n) is 3.89. The van der Waals surface area contributed by atoms with Crippen LogP contribution in [0.5, 0.6) is 0 Å². The summed E-state index contributed by atoms with van der Waals surface area (Å²) in [7, 11) is 0. The zero-order valence-corrected chi connectivity index (χ0v) is 11.8. The van der Waals surface area contributed by atoms with Gasteiger partial charge in [-0.05, 0) is 18.6 Å². The van der Waals surface area contributed by atoms with Crippen molar-refractivity contribution in [2.75, 3.05) is 0 Å². The number of thiazole rings is 1. The molecule has 2 rings (SSSR count). The molecule has 0 aliphatic carbocycles. The van der Waals surface area contributed by atoms with Gasteiger partial charge in [0, 0.05) is 21.3 Å². The highest BCUT2D eigenvalue weighted by Crippen LogP contribution is 2.28. The monoisotopic (exact) mass is 295 g/mol. The molecule has 1 aromatic carbocycles. The lowest BCUT2D eigenvalue weighted by molar-refractivity contribution is 0.727. The van der Waals surface area contributed by atoms with Gasteiger partial charge in [-0.2, -0.15) is 0 Å². The van der Waals surface area contributed by atoms with E-state index in [2.05, 4.69) is 64.4 Å². The Balaban J connectivity index is 2.28. The minimum atomic E-state index is 0.564. The summed E-state index contributed by atoms with van der Waals surface area (Å²) in [5, 5.41) is 3.38. The molecule has 1 atom stereocenters. The first-order valence-corrected chi connectivity index (χ1v) is 7.09. The highest BCUT2D eigenvalue weighted by atomic mass is 79.9. The molecule has 1 aromatic heterocycles. The molecule has 0 bridgehead atoms. The zero-order valence-electron chi connectivity index (χ0n) is 9.40. The minimum absolute atomic E-state index is 0.564. The first-order chi connectivity index (χ1) is 7.70. The molecule has 2 aromatic rings. The molecule has 3 heteroatoms. The van der Waals surface area contributed by atoms with Gasteiger partial charge in [0.25, 0.3) is 0 Å². The Morgan fingerprint density at radius 1 is 1.31 bits per heavy atom. The normalized spacial score (nSPS) is 12.7. The number of rotatable bonds is 3. The Morgan fingerprint density at radius 3 is 2.62 bits per heavy atom. The van der Waals surface area contributed by atoms with E-state index in [1.54, 1.807) is 11.3 Å². The first-order valence-electron chi connectivity index (χ1n) is 5.42. The molecular weight excluding hydrogens is 282 g/mol. The van der Waals surface area contributed by atoms with Gasteiger partial charge in [0.05, 0.1) is 10.7 Å². The molecule has 1 unspecified atom stereocenters. The van der Waals surface area contributed by atoms with Gasteiger partial charge in [-0.3, -0.25) is 0 Å². The van der Waals surface area contributed by atoms with E-state index in [1.807, 2.05) is 0 Å². The van der Waals surface area contributed by atoms with Gasteiger partial charge in [0.15, 0.2) is 0 Å². The van der Waals surface area contributed by atoms with Crippen molar-refractivity contribution in [1.82, 2.24) is 4.98 Å². The van der Waals surface area contributed by atoms with Crippen molar-refractivity contribution in [3.05, 3.63) is 39.1 Å². The smallest absolute Gasteiger partial charge is 0.0960 e. The number of hydrogen-bond acceptors (Lipinski definition) is 2. The molecule has 0 saturated carbocycles. The molecule has 0 radical (unpaired) electrons. The van der Waals surface area contributed by atoms with Gasteiger partial charge in [-0.1, -0.05) is 41.9 Å². The fraction of sp³-hybridized carbons (Fsp3) is 0.308. The third-order valence-corrected chi connectivity index (χ3v) is 4.30. The second kappa shape index (κ2) is 5.11. The van der Waals surface area contributed by atoms with Gasteiger partial charge in [-0.15, -0.1) is 11.3 Å². The van der Waals surface area contributed by atoms with Crippen LogP contribution in [-0.2, 0) is 0 Å². The van der Waals surface area contributed by atoms with Crippen molar-refractivity contribution in [2.45, 2.75) is 26.2 Å². The summed E-state index contributed by atoms with van der Waals surface area (Å²) in [6, 6.07) is 8.30. The van der Waals surface area contributed by atoms with Crippen LogP contribution < -0.4 is 0 Å². The molecule has 0 aliphatic rings. The molecule has 0 aliphatic heterocycles. The van der Waals surface area contributed by atoms with Crippen LogP contribution in [0.15, 0.2) is 34.1 Å². The molecule has 1 nitrogen and oxygen atoms in total. The zero-order chi connectivity index (χ0) is 11.5. The molecule has 0 fully saturated rings. The maximum absolute atomic E-state index is 4.68. The summed E-state index contributed by atoms with van der Waals surface area (Å²) in [6.07, 6.45) is 1.15. The van der Waals surface area contributed by atoms with Crippen LogP contribution in [0, 0.1) is 0 Å². The van der Waals surface area contributed by atoms with Crippen LogP contribution >= 0.6 is 27.3 Å².